The number of rotatable bonds is 8. The molecule has 0 bridgehead atoms. The molecule has 13 heavy (non-hydrogen) atoms. The van der Waals surface area contributed by atoms with Gasteiger partial charge in [0.2, 0.25) is 0 Å². The van der Waals surface area contributed by atoms with Gasteiger partial charge in [0.15, 0.2) is 0 Å². The van der Waals surface area contributed by atoms with Gasteiger partial charge >= 0.3 is 37.7 Å². The predicted molar refractivity (Wildman–Crippen MR) is 53.4 cm³/mol. The number of unbranched alkanes of at least 4 members (excludes halogenated alkanes) is 6. The number of hydrogen-bond acceptors (Lipinski definition) is 2. The van der Waals surface area contributed by atoms with Gasteiger partial charge in [-0.15, -0.1) is 0 Å². The Morgan fingerprint density at radius 1 is 1.00 bits per heavy atom. The van der Waals surface area contributed by atoms with E-state index in [0.29, 0.717) is 0 Å². The summed E-state index contributed by atoms with van der Waals surface area (Å²) in [6.07, 6.45) is 8.34. The molecule has 0 fully saturated rings. The average Bonchev–Trinajstić information content (AvgIpc) is 2.02. The van der Waals surface area contributed by atoms with Crippen LogP contribution in [0.15, 0.2) is 0 Å². The van der Waals surface area contributed by atoms with E-state index in [-0.39, 0.29) is 44.2 Å². The average molecular weight is 211 g/mol. The SMILES string of the molecule is CCCCCCCCCC(=O)[O-].[Ca+]. The standard InChI is InChI=1S/C10H20O2.Ca/c1-2-3-4-5-6-7-8-9-10(11)12;/h2-9H2,1H3,(H,11,12);/q;+1/p-1. The van der Waals surface area contributed by atoms with Crippen LogP contribution in [0, 0.1) is 0 Å². The van der Waals surface area contributed by atoms with E-state index in [1.165, 1.54) is 32.1 Å². The fourth-order valence-electron chi connectivity index (χ4n) is 1.23. The first-order chi connectivity index (χ1) is 5.77. The molecular formula is C10H19CaO2. The third-order valence-electron chi connectivity index (χ3n) is 1.98. The molecule has 0 heterocycles. The van der Waals surface area contributed by atoms with E-state index in [9.17, 15) is 9.90 Å². The third-order valence-corrected chi connectivity index (χ3v) is 1.98. The minimum atomic E-state index is -0.913. The number of hydrogen-bond donors (Lipinski definition) is 0. The van der Waals surface area contributed by atoms with Crippen LogP contribution >= 0.6 is 0 Å². The molecular weight excluding hydrogens is 192 g/mol. The Balaban J connectivity index is 0. The largest absolute Gasteiger partial charge is 1.00 e. The molecule has 0 atom stereocenters. The molecule has 0 aliphatic heterocycles. The van der Waals surface area contributed by atoms with Crippen LogP contribution in [0.2, 0.25) is 0 Å². The van der Waals surface area contributed by atoms with Crippen molar-refractivity contribution >= 4 is 43.7 Å². The van der Waals surface area contributed by atoms with Crippen molar-refractivity contribution in [1.29, 1.82) is 0 Å². The van der Waals surface area contributed by atoms with Crippen LogP contribution in [-0.2, 0) is 4.79 Å². The van der Waals surface area contributed by atoms with E-state index in [0.717, 1.165) is 12.8 Å². The van der Waals surface area contributed by atoms with E-state index < -0.39 is 5.97 Å². The summed E-state index contributed by atoms with van der Waals surface area (Å²) in [5, 5.41) is 10.0. The van der Waals surface area contributed by atoms with Crippen molar-refractivity contribution < 1.29 is 9.90 Å². The molecule has 2 nitrogen and oxygen atoms in total. The molecule has 0 rings (SSSR count). The zero-order chi connectivity index (χ0) is 9.23. The molecule has 1 radical (unpaired) electrons. The molecule has 0 unspecified atom stereocenters. The zero-order valence-electron chi connectivity index (χ0n) is 8.68. The van der Waals surface area contributed by atoms with Crippen molar-refractivity contribution in [2.24, 2.45) is 0 Å². The summed E-state index contributed by atoms with van der Waals surface area (Å²) in [6, 6.07) is 0. The molecule has 0 aromatic heterocycles. The Morgan fingerprint density at radius 2 is 1.46 bits per heavy atom. The maximum Gasteiger partial charge on any atom is 1.00 e. The summed E-state index contributed by atoms with van der Waals surface area (Å²) in [7, 11) is 0. The zero-order valence-corrected chi connectivity index (χ0v) is 10.9. The minimum absolute atomic E-state index is 0. The number of carbonyl (C=O) groups is 1. The fraction of sp³-hybridized carbons (Fsp3) is 0.900. The van der Waals surface area contributed by atoms with Crippen molar-refractivity contribution in [2.45, 2.75) is 58.3 Å². The Hall–Kier alpha value is 0.730. The van der Waals surface area contributed by atoms with Crippen molar-refractivity contribution in [1.82, 2.24) is 0 Å². The molecule has 0 aromatic rings. The summed E-state index contributed by atoms with van der Waals surface area (Å²) >= 11 is 0. The maximum absolute atomic E-state index is 10.0. The maximum atomic E-state index is 10.0. The Morgan fingerprint density at radius 3 is 1.92 bits per heavy atom. The van der Waals surface area contributed by atoms with Crippen LogP contribution in [0.4, 0.5) is 0 Å². The number of carboxylic acid groups (broad SMARTS) is 1. The summed E-state index contributed by atoms with van der Waals surface area (Å²) in [4.78, 5) is 10.0. The van der Waals surface area contributed by atoms with Gasteiger partial charge in [0, 0.05) is 5.97 Å². The molecule has 73 valence electrons. The summed E-state index contributed by atoms with van der Waals surface area (Å²) in [6.45, 7) is 2.19. The van der Waals surface area contributed by atoms with Gasteiger partial charge in [-0.25, -0.2) is 0 Å². The minimum Gasteiger partial charge on any atom is -0.550 e. The third kappa shape index (κ3) is 15.5. The second-order valence-corrected chi connectivity index (χ2v) is 3.24. The molecule has 0 saturated carbocycles. The van der Waals surface area contributed by atoms with E-state index in [1.807, 2.05) is 0 Å². The molecule has 0 aromatic carbocycles. The van der Waals surface area contributed by atoms with E-state index in [1.54, 1.807) is 0 Å². The van der Waals surface area contributed by atoms with Gasteiger partial charge in [0.05, 0.1) is 0 Å². The molecule has 0 spiro atoms. The second kappa shape index (κ2) is 12.7. The van der Waals surface area contributed by atoms with Crippen molar-refractivity contribution in [2.75, 3.05) is 0 Å². The Kier molecular flexibility index (Phi) is 15.8. The smallest absolute Gasteiger partial charge is 0.550 e. The van der Waals surface area contributed by atoms with Gasteiger partial charge in [-0.1, -0.05) is 45.4 Å². The van der Waals surface area contributed by atoms with Crippen LogP contribution in [0.25, 0.3) is 0 Å². The molecule has 3 heteroatoms. The quantitative estimate of drug-likeness (QED) is 0.451. The monoisotopic (exact) mass is 211 g/mol. The van der Waals surface area contributed by atoms with E-state index >= 15 is 0 Å². The molecule has 0 N–H and O–H groups in total. The van der Waals surface area contributed by atoms with E-state index in [4.69, 9.17) is 0 Å². The van der Waals surface area contributed by atoms with Crippen molar-refractivity contribution in [3.05, 3.63) is 0 Å². The fourth-order valence-corrected chi connectivity index (χ4v) is 1.23. The first-order valence-electron chi connectivity index (χ1n) is 4.97. The number of carbonyl (C=O) groups excluding carboxylic acids is 1. The molecule has 0 amide bonds. The van der Waals surface area contributed by atoms with Gasteiger partial charge in [0.25, 0.3) is 0 Å². The molecule has 0 aliphatic carbocycles. The van der Waals surface area contributed by atoms with Gasteiger partial charge in [-0.2, -0.15) is 0 Å². The first kappa shape index (κ1) is 16.2. The normalized spacial score (nSPS) is 9.31. The van der Waals surface area contributed by atoms with Crippen LogP contribution in [0.3, 0.4) is 0 Å². The number of aliphatic carboxylic acids is 1. The summed E-state index contributed by atoms with van der Waals surface area (Å²) < 4.78 is 0. The molecule has 0 aliphatic rings. The van der Waals surface area contributed by atoms with Crippen molar-refractivity contribution in [3.8, 4) is 0 Å². The number of carboxylic acids is 1. The van der Waals surface area contributed by atoms with E-state index in [2.05, 4.69) is 6.92 Å². The van der Waals surface area contributed by atoms with Crippen LogP contribution in [0.1, 0.15) is 58.3 Å². The Labute approximate surface area is 111 Å². The summed E-state index contributed by atoms with van der Waals surface area (Å²) in [5.74, 6) is -0.913. The topological polar surface area (TPSA) is 40.1 Å². The van der Waals surface area contributed by atoms with Gasteiger partial charge in [0.1, 0.15) is 0 Å². The van der Waals surface area contributed by atoms with Gasteiger partial charge in [-0.3, -0.25) is 0 Å². The second-order valence-electron chi connectivity index (χ2n) is 3.24. The van der Waals surface area contributed by atoms with Crippen LogP contribution < -0.4 is 5.11 Å². The van der Waals surface area contributed by atoms with Gasteiger partial charge < -0.3 is 9.90 Å². The predicted octanol–water partition coefficient (Wildman–Crippen LogP) is 1.50. The van der Waals surface area contributed by atoms with Crippen LogP contribution in [-0.4, -0.2) is 43.7 Å². The van der Waals surface area contributed by atoms with Gasteiger partial charge in [-0.05, 0) is 12.8 Å². The molecule has 0 saturated heterocycles. The summed E-state index contributed by atoms with van der Waals surface area (Å²) in [5.41, 5.74) is 0. The Bertz CT molecular complexity index is 115. The first-order valence-corrected chi connectivity index (χ1v) is 4.97. The van der Waals surface area contributed by atoms with Crippen LogP contribution in [0.5, 0.6) is 0 Å². The van der Waals surface area contributed by atoms with Crippen molar-refractivity contribution in [3.63, 3.8) is 0 Å².